The van der Waals surface area contributed by atoms with Gasteiger partial charge in [0.1, 0.15) is 6.61 Å². The van der Waals surface area contributed by atoms with Gasteiger partial charge in [-0.1, -0.05) is 11.8 Å². The van der Waals surface area contributed by atoms with Crippen LogP contribution in [0.1, 0.15) is 33.0 Å². The summed E-state index contributed by atoms with van der Waals surface area (Å²) in [6.45, 7) is 3.11. The van der Waals surface area contributed by atoms with E-state index in [4.69, 9.17) is 9.84 Å². The summed E-state index contributed by atoms with van der Waals surface area (Å²) in [7, 11) is 1.67. The van der Waals surface area contributed by atoms with Crippen molar-refractivity contribution in [2.24, 2.45) is 0 Å². The number of ether oxygens (including phenoxy) is 1. The van der Waals surface area contributed by atoms with Crippen molar-refractivity contribution in [2.45, 2.75) is 19.8 Å². The van der Waals surface area contributed by atoms with Crippen LogP contribution in [0.2, 0.25) is 0 Å². The van der Waals surface area contributed by atoms with Crippen molar-refractivity contribution in [3.63, 3.8) is 0 Å². The molecule has 0 aliphatic heterocycles. The average Bonchev–Trinajstić information content (AvgIpc) is 2.77. The molecule has 0 aliphatic carbocycles. The molecule has 1 heterocycles. The van der Waals surface area contributed by atoms with Crippen molar-refractivity contribution in [3.05, 3.63) is 21.4 Å². The van der Waals surface area contributed by atoms with E-state index in [1.54, 1.807) is 7.11 Å². The van der Waals surface area contributed by atoms with Crippen LogP contribution in [0.25, 0.3) is 0 Å². The number of rotatable bonds is 6. The molecule has 2 N–H and O–H groups in total. The van der Waals surface area contributed by atoms with E-state index < -0.39 is 0 Å². The predicted octanol–water partition coefficient (Wildman–Crippen LogP) is 1.56. The second-order valence-corrected chi connectivity index (χ2v) is 5.09. The number of hydrogen-bond donors (Lipinski definition) is 2. The van der Waals surface area contributed by atoms with Crippen molar-refractivity contribution in [1.29, 1.82) is 0 Å². The van der Waals surface area contributed by atoms with Crippen LogP contribution in [0.5, 0.6) is 0 Å². The molecule has 0 bridgehead atoms. The summed E-state index contributed by atoms with van der Waals surface area (Å²) in [5.74, 6) is 5.37. The molecule has 0 spiro atoms. The highest BCUT2D eigenvalue weighted by atomic mass is 32.1. The highest BCUT2D eigenvalue weighted by molar-refractivity contribution is 7.14. The standard InChI is InChI=1S/C14H19NO3S/c1-11-10-13(19-12(11)6-5-8-16)14(17)15-7-3-4-9-18-2/h10,16H,3-4,7-9H2,1-2H3,(H,15,17). The molecule has 1 rings (SSSR count). The molecule has 0 fully saturated rings. The Hall–Kier alpha value is -1.35. The summed E-state index contributed by atoms with van der Waals surface area (Å²) in [4.78, 5) is 13.4. The average molecular weight is 281 g/mol. The molecular formula is C14H19NO3S. The molecule has 0 aromatic carbocycles. The summed E-state index contributed by atoms with van der Waals surface area (Å²) in [6, 6.07) is 1.83. The fourth-order valence-electron chi connectivity index (χ4n) is 1.50. The van der Waals surface area contributed by atoms with Crippen molar-refractivity contribution >= 4 is 17.2 Å². The molecule has 5 heteroatoms. The van der Waals surface area contributed by atoms with Crippen LogP contribution in [-0.2, 0) is 4.74 Å². The van der Waals surface area contributed by atoms with Gasteiger partial charge in [0.15, 0.2) is 0 Å². The van der Waals surface area contributed by atoms with Gasteiger partial charge >= 0.3 is 0 Å². The molecule has 1 aromatic rings. The maximum atomic E-state index is 11.9. The Bertz CT molecular complexity index is 471. The zero-order valence-corrected chi connectivity index (χ0v) is 12.1. The number of aliphatic hydroxyl groups excluding tert-OH is 1. The maximum absolute atomic E-state index is 11.9. The Balaban J connectivity index is 2.48. The van der Waals surface area contributed by atoms with Crippen molar-refractivity contribution in [3.8, 4) is 11.8 Å². The number of hydrogen-bond acceptors (Lipinski definition) is 4. The van der Waals surface area contributed by atoms with Gasteiger partial charge < -0.3 is 15.2 Å². The van der Waals surface area contributed by atoms with E-state index in [1.165, 1.54) is 11.3 Å². The summed E-state index contributed by atoms with van der Waals surface area (Å²) < 4.78 is 4.94. The van der Waals surface area contributed by atoms with Crippen LogP contribution in [0, 0.1) is 18.8 Å². The smallest absolute Gasteiger partial charge is 0.261 e. The monoisotopic (exact) mass is 281 g/mol. The van der Waals surface area contributed by atoms with E-state index in [0.717, 1.165) is 29.9 Å². The zero-order valence-electron chi connectivity index (χ0n) is 11.3. The first-order valence-corrected chi connectivity index (χ1v) is 6.98. The number of thiophene rings is 1. The molecule has 0 unspecified atom stereocenters. The maximum Gasteiger partial charge on any atom is 0.261 e. The SMILES string of the molecule is COCCCCNC(=O)c1cc(C)c(C#CCO)s1. The summed E-state index contributed by atoms with van der Waals surface area (Å²) in [6.07, 6.45) is 1.84. The molecule has 104 valence electrons. The van der Waals surface area contributed by atoms with Crippen LogP contribution in [-0.4, -0.2) is 37.9 Å². The Morgan fingerprint density at radius 2 is 2.32 bits per heavy atom. The Morgan fingerprint density at radius 3 is 3.00 bits per heavy atom. The molecular weight excluding hydrogens is 262 g/mol. The minimum absolute atomic E-state index is 0.0671. The highest BCUT2D eigenvalue weighted by Gasteiger charge is 2.10. The van der Waals surface area contributed by atoms with Gasteiger partial charge in [-0.05, 0) is 31.4 Å². The van der Waals surface area contributed by atoms with Gasteiger partial charge in [-0.25, -0.2) is 0 Å². The van der Waals surface area contributed by atoms with E-state index in [2.05, 4.69) is 17.2 Å². The molecule has 0 radical (unpaired) electrons. The molecule has 4 nitrogen and oxygen atoms in total. The summed E-state index contributed by atoms with van der Waals surface area (Å²) in [5, 5.41) is 11.5. The fourth-order valence-corrected chi connectivity index (χ4v) is 2.46. The number of aryl methyl sites for hydroxylation is 1. The van der Waals surface area contributed by atoms with Crippen molar-refractivity contribution in [2.75, 3.05) is 26.9 Å². The molecule has 1 amide bonds. The van der Waals surface area contributed by atoms with Gasteiger partial charge in [-0.2, -0.15) is 0 Å². The quantitative estimate of drug-likeness (QED) is 0.614. The van der Waals surface area contributed by atoms with Crippen molar-refractivity contribution in [1.82, 2.24) is 5.32 Å². The van der Waals surface area contributed by atoms with E-state index in [1.807, 2.05) is 13.0 Å². The third-order valence-electron chi connectivity index (χ3n) is 2.48. The van der Waals surface area contributed by atoms with Gasteiger partial charge in [0, 0.05) is 20.3 Å². The van der Waals surface area contributed by atoms with Gasteiger partial charge in [-0.3, -0.25) is 4.79 Å². The number of carbonyl (C=O) groups is 1. The number of nitrogens with one attached hydrogen (secondary N) is 1. The lowest BCUT2D eigenvalue weighted by Crippen LogP contribution is -2.23. The molecule has 0 atom stereocenters. The minimum Gasteiger partial charge on any atom is -0.385 e. The molecule has 0 saturated heterocycles. The number of methoxy groups -OCH3 is 1. The molecule has 0 aliphatic rings. The van der Waals surface area contributed by atoms with Gasteiger partial charge in [0.05, 0.1) is 9.75 Å². The fraction of sp³-hybridized carbons (Fsp3) is 0.500. The number of unbranched alkanes of at least 4 members (excludes halogenated alkanes) is 1. The summed E-state index contributed by atoms with van der Waals surface area (Å²) in [5.41, 5.74) is 0.968. The number of carbonyl (C=O) groups excluding carboxylic acids is 1. The first kappa shape index (κ1) is 15.7. The zero-order chi connectivity index (χ0) is 14.1. The highest BCUT2D eigenvalue weighted by Crippen LogP contribution is 2.20. The van der Waals surface area contributed by atoms with Crippen LogP contribution in [0.15, 0.2) is 6.07 Å². The van der Waals surface area contributed by atoms with E-state index >= 15 is 0 Å². The predicted molar refractivity (Wildman–Crippen MR) is 76.5 cm³/mol. The first-order valence-electron chi connectivity index (χ1n) is 6.16. The Morgan fingerprint density at radius 1 is 1.53 bits per heavy atom. The molecule has 19 heavy (non-hydrogen) atoms. The third-order valence-corrected chi connectivity index (χ3v) is 3.63. The number of amides is 1. The van der Waals surface area contributed by atoms with Gasteiger partial charge in [0.2, 0.25) is 0 Å². The van der Waals surface area contributed by atoms with Crippen molar-refractivity contribution < 1.29 is 14.6 Å². The first-order chi connectivity index (χ1) is 9.19. The van der Waals surface area contributed by atoms with E-state index in [0.29, 0.717) is 11.4 Å². The van der Waals surface area contributed by atoms with Crippen LogP contribution >= 0.6 is 11.3 Å². The third kappa shape index (κ3) is 5.43. The Kier molecular flexibility index (Phi) is 7.19. The topological polar surface area (TPSA) is 58.6 Å². The lowest BCUT2D eigenvalue weighted by atomic mass is 10.2. The largest absolute Gasteiger partial charge is 0.385 e. The Labute approximate surface area is 117 Å². The van der Waals surface area contributed by atoms with Gasteiger partial charge in [0.25, 0.3) is 5.91 Å². The second-order valence-electron chi connectivity index (χ2n) is 4.04. The van der Waals surface area contributed by atoms with Crippen LogP contribution in [0.4, 0.5) is 0 Å². The lowest BCUT2D eigenvalue weighted by Gasteiger charge is -2.02. The minimum atomic E-state index is -0.168. The van der Waals surface area contributed by atoms with E-state index in [9.17, 15) is 4.79 Å². The normalized spacial score (nSPS) is 9.84. The molecule has 0 saturated carbocycles. The van der Waals surface area contributed by atoms with E-state index in [-0.39, 0.29) is 12.5 Å². The van der Waals surface area contributed by atoms with Crippen LogP contribution in [0.3, 0.4) is 0 Å². The van der Waals surface area contributed by atoms with Crippen LogP contribution < -0.4 is 5.32 Å². The number of aliphatic hydroxyl groups is 1. The molecule has 1 aromatic heterocycles. The van der Waals surface area contributed by atoms with Gasteiger partial charge in [-0.15, -0.1) is 11.3 Å². The summed E-state index contributed by atoms with van der Waals surface area (Å²) >= 11 is 1.35. The lowest BCUT2D eigenvalue weighted by molar-refractivity contribution is 0.0955. The second kappa shape index (κ2) is 8.70.